The van der Waals surface area contributed by atoms with Crippen molar-refractivity contribution < 1.29 is 23.8 Å². The lowest BCUT2D eigenvalue weighted by Crippen LogP contribution is -2.37. The van der Waals surface area contributed by atoms with E-state index in [-0.39, 0.29) is 0 Å². The molecule has 0 radical (unpaired) electrons. The molecule has 0 atom stereocenters. The largest absolute Gasteiger partial charge is 0.497 e. The second-order valence-corrected chi connectivity index (χ2v) is 8.27. The Hall–Kier alpha value is -3.91. The zero-order valence-electron chi connectivity index (χ0n) is 18.4. The number of hydrogen-bond acceptors (Lipinski definition) is 7. The molecule has 1 heterocycles. The van der Waals surface area contributed by atoms with Crippen molar-refractivity contribution in [1.82, 2.24) is 4.98 Å². The van der Waals surface area contributed by atoms with Gasteiger partial charge in [0.25, 0.3) is 5.91 Å². The minimum Gasteiger partial charge on any atom is -0.497 e. The molecule has 4 aromatic rings. The highest BCUT2D eigenvalue weighted by atomic mass is 32.1. The van der Waals surface area contributed by atoms with Gasteiger partial charge in [-0.15, -0.1) is 11.3 Å². The van der Waals surface area contributed by atoms with Crippen LogP contribution in [0.15, 0.2) is 66.7 Å². The van der Waals surface area contributed by atoms with Gasteiger partial charge in [0.05, 0.1) is 30.1 Å². The zero-order chi connectivity index (χ0) is 23.4. The predicted molar refractivity (Wildman–Crippen MR) is 127 cm³/mol. The second kappa shape index (κ2) is 9.70. The Morgan fingerprint density at radius 2 is 1.79 bits per heavy atom. The van der Waals surface area contributed by atoms with E-state index in [4.69, 9.17) is 14.2 Å². The van der Waals surface area contributed by atoms with E-state index in [0.29, 0.717) is 34.9 Å². The van der Waals surface area contributed by atoms with Crippen LogP contribution in [0.1, 0.15) is 20.9 Å². The highest BCUT2D eigenvalue weighted by Gasteiger charge is 2.27. The summed E-state index contributed by atoms with van der Waals surface area (Å²) in [5, 5.41) is 0.863. The van der Waals surface area contributed by atoms with E-state index in [2.05, 4.69) is 4.98 Å². The lowest BCUT2D eigenvalue weighted by molar-refractivity contribution is 0.0975. The Kier molecular flexibility index (Phi) is 6.55. The van der Waals surface area contributed by atoms with E-state index in [1.54, 1.807) is 60.7 Å². The number of hydrogen-bond donors (Lipinski definition) is 0. The molecule has 33 heavy (non-hydrogen) atoms. The average Bonchev–Trinajstić information content (AvgIpc) is 3.27. The van der Waals surface area contributed by atoms with Crippen LogP contribution in [0.4, 0.5) is 10.5 Å². The summed E-state index contributed by atoms with van der Waals surface area (Å²) in [4.78, 5) is 31.3. The summed E-state index contributed by atoms with van der Waals surface area (Å²) >= 11 is 1.58. The molecule has 7 nitrogen and oxygen atoms in total. The molecular formula is C25H22N2O5S. The van der Waals surface area contributed by atoms with Crippen molar-refractivity contribution in [3.05, 3.63) is 82.9 Å². The number of methoxy groups -OCH3 is 2. The first kappa shape index (κ1) is 22.3. The van der Waals surface area contributed by atoms with Gasteiger partial charge in [-0.2, -0.15) is 0 Å². The Morgan fingerprint density at radius 3 is 2.52 bits per heavy atom. The number of aromatic nitrogens is 1. The molecule has 0 aliphatic heterocycles. The SMILES string of the molecule is COC(=O)N(C(=O)c1cccc(OC)c1)c1ccc(OCc2nc3ccccc3s2)cc1C. The number of carbonyl (C=O) groups excluding carboxylic acids is 2. The summed E-state index contributed by atoms with van der Waals surface area (Å²) in [6.45, 7) is 2.12. The fraction of sp³-hybridized carbons (Fsp3) is 0.160. The summed E-state index contributed by atoms with van der Waals surface area (Å²) in [5.41, 5.74) is 2.33. The van der Waals surface area contributed by atoms with Crippen molar-refractivity contribution in [2.75, 3.05) is 19.1 Å². The number of imide groups is 1. The van der Waals surface area contributed by atoms with Crippen molar-refractivity contribution in [2.45, 2.75) is 13.5 Å². The van der Waals surface area contributed by atoms with Gasteiger partial charge < -0.3 is 14.2 Å². The molecule has 168 valence electrons. The molecule has 0 unspecified atom stereocenters. The van der Waals surface area contributed by atoms with Crippen LogP contribution in [0, 0.1) is 6.92 Å². The number of benzene rings is 3. The number of para-hydroxylation sites is 1. The number of anilines is 1. The molecule has 0 aliphatic rings. The maximum Gasteiger partial charge on any atom is 0.421 e. The number of fused-ring (bicyclic) bond motifs is 1. The molecular weight excluding hydrogens is 440 g/mol. The Balaban J connectivity index is 1.56. The number of rotatable bonds is 6. The van der Waals surface area contributed by atoms with Crippen LogP contribution < -0.4 is 14.4 Å². The Labute approximate surface area is 195 Å². The molecule has 0 fully saturated rings. The van der Waals surface area contributed by atoms with Crippen molar-refractivity contribution in [1.29, 1.82) is 0 Å². The van der Waals surface area contributed by atoms with E-state index in [9.17, 15) is 9.59 Å². The molecule has 4 rings (SSSR count). The monoisotopic (exact) mass is 462 g/mol. The summed E-state index contributed by atoms with van der Waals surface area (Å²) in [7, 11) is 2.75. The number of ether oxygens (including phenoxy) is 3. The molecule has 0 aliphatic carbocycles. The first-order chi connectivity index (χ1) is 16.0. The lowest BCUT2D eigenvalue weighted by atomic mass is 10.1. The van der Waals surface area contributed by atoms with Crippen molar-refractivity contribution >= 4 is 39.2 Å². The summed E-state index contributed by atoms with van der Waals surface area (Å²) in [6, 6.07) is 19.7. The van der Waals surface area contributed by atoms with Gasteiger partial charge >= 0.3 is 6.09 Å². The smallest absolute Gasteiger partial charge is 0.421 e. The van der Waals surface area contributed by atoms with Gasteiger partial charge in [0, 0.05) is 5.56 Å². The van der Waals surface area contributed by atoms with E-state index in [1.165, 1.54) is 14.2 Å². The number of thiazole rings is 1. The van der Waals surface area contributed by atoms with E-state index < -0.39 is 12.0 Å². The van der Waals surface area contributed by atoms with Gasteiger partial charge in [-0.3, -0.25) is 4.79 Å². The first-order valence-corrected chi connectivity index (χ1v) is 11.0. The quantitative estimate of drug-likeness (QED) is 0.371. The first-order valence-electron chi connectivity index (χ1n) is 10.1. The van der Waals surface area contributed by atoms with Crippen LogP contribution in [0.25, 0.3) is 10.2 Å². The van der Waals surface area contributed by atoms with Crippen LogP contribution in [0.5, 0.6) is 11.5 Å². The molecule has 8 heteroatoms. The molecule has 3 aromatic carbocycles. The maximum absolute atomic E-state index is 13.2. The Morgan fingerprint density at radius 1 is 0.970 bits per heavy atom. The third-order valence-electron chi connectivity index (χ3n) is 4.99. The van der Waals surface area contributed by atoms with Gasteiger partial charge in [-0.05, 0) is 61.0 Å². The molecule has 0 saturated heterocycles. The normalized spacial score (nSPS) is 10.6. The fourth-order valence-electron chi connectivity index (χ4n) is 3.36. The number of aryl methyl sites for hydroxylation is 1. The average molecular weight is 463 g/mol. The number of nitrogens with zero attached hydrogens (tertiary/aromatic N) is 2. The topological polar surface area (TPSA) is 78.0 Å². The molecule has 1 aromatic heterocycles. The van der Waals surface area contributed by atoms with Crippen LogP contribution in [-0.2, 0) is 11.3 Å². The summed E-state index contributed by atoms with van der Waals surface area (Å²) in [5.74, 6) is 0.599. The number of amides is 2. The Bertz CT molecular complexity index is 1280. The molecule has 0 spiro atoms. The minimum absolute atomic E-state index is 0.301. The fourth-order valence-corrected chi connectivity index (χ4v) is 4.24. The lowest BCUT2D eigenvalue weighted by Gasteiger charge is -2.22. The summed E-state index contributed by atoms with van der Waals surface area (Å²) < 4.78 is 17.1. The minimum atomic E-state index is -0.783. The molecule has 0 N–H and O–H groups in total. The third kappa shape index (κ3) is 4.80. The maximum atomic E-state index is 13.2. The zero-order valence-corrected chi connectivity index (χ0v) is 19.2. The van der Waals surface area contributed by atoms with E-state index in [1.807, 2.05) is 24.3 Å². The molecule has 0 saturated carbocycles. The van der Waals surface area contributed by atoms with Gasteiger partial charge in [0.15, 0.2) is 0 Å². The standard InChI is InChI=1S/C25H22N2O5S/c1-16-13-19(32-15-23-26-20-9-4-5-10-22(20)33-23)11-12-21(16)27(25(29)31-3)24(28)17-7-6-8-18(14-17)30-2/h4-14H,15H2,1-3H3. The van der Waals surface area contributed by atoms with Crippen LogP contribution in [-0.4, -0.2) is 31.2 Å². The third-order valence-corrected chi connectivity index (χ3v) is 6.00. The van der Waals surface area contributed by atoms with Crippen molar-refractivity contribution in [3.63, 3.8) is 0 Å². The van der Waals surface area contributed by atoms with Gasteiger partial charge in [0.2, 0.25) is 0 Å². The van der Waals surface area contributed by atoms with Crippen molar-refractivity contribution in [2.24, 2.45) is 0 Å². The predicted octanol–water partition coefficient (Wildman–Crippen LogP) is 5.61. The van der Waals surface area contributed by atoms with Gasteiger partial charge in [0.1, 0.15) is 23.1 Å². The highest BCUT2D eigenvalue weighted by molar-refractivity contribution is 7.18. The second-order valence-electron chi connectivity index (χ2n) is 7.15. The van der Waals surface area contributed by atoms with Crippen LogP contribution in [0.2, 0.25) is 0 Å². The molecule has 2 amide bonds. The molecule has 0 bridgehead atoms. The van der Waals surface area contributed by atoms with E-state index >= 15 is 0 Å². The van der Waals surface area contributed by atoms with Gasteiger partial charge in [-0.1, -0.05) is 18.2 Å². The number of carbonyl (C=O) groups is 2. The van der Waals surface area contributed by atoms with Crippen LogP contribution in [0.3, 0.4) is 0 Å². The highest BCUT2D eigenvalue weighted by Crippen LogP contribution is 2.29. The van der Waals surface area contributed by atoms with Crippen molar-refractivity contribution in [3.8, 4) is 11.5 Å². The van der Waals surface area contributed by atoms with E-state index in [0.717, 1.165) is 20.1 Å². The van der Waals surface area contributed by atoms with Gasteiger partial charge in [-0.25, -0.2) is 14.7 Å². The van der Waals surface area contributed by atoms with Crippen LogP contribution >= 0.6 is 11.3 Å². The summed E-state index contributed by atoms with van der Waals surface area (Å²) in [6.07, 6.45) is -0.783.